The number of benzene rings is 1. The van der Waals surface area contributed by atoms with Gasteiger partial charge in [-0.2, -0.15) is 0 Å². The highest BCUT2D eigenvalue weighted by atomic mass is 16.2. The third-order valence-corrected chi connectivity index (χ3v) is 6.33. The lowest BCUT2D eigenvalue weighted by Gasteiger charge is -2.37. The number of carbonyl (C=O) groups is 1. The Kier molecular flexibility index (Phi) is 5.40. The lowest BCUT2D eigenvalue weighted by atomic mass is 9.79. The van der Waals surface area contributed by atoms with E-state index in [0.29, 0.717) is 19.1 Å². The van der Waals surface area contributed by atoms with E-state index in [2.05, 4.69) is 60.8 Å². The molecule has 2 amide bonds. The van der Waals surface area contributed by atoms with Crippen molar-refractivity contribution in [2.45, 2.75) is 39.3 Å². The summed E-state index contributed by atoms with van der Waals surface area (Å²) in [5.74, 6) is 0. The molecule has 4 rings (SSSR count). The van der Waals surface area contributed by atoms with Crippen molar-refractivity contribution >= 4 is 22.5 Å². The highest BCUT2D eigenvalue weighted by Gasteiger charge is 2.33. The van der Waals surface area contributed by atoms with E-state index in [-0.39, 0.29) is 6.03 Å². The lowest BCUT2D eigenvalue weighted by Crippen LogP contribution is -2.39. The van der Waals surface area contributed by atoms with Crippen LogP contribution in [-0.2, 0) is 13.0 Å². The summed E-state index contributed by atoms with van der Waals surface area (Å²) in [6, 6.07) is 4.76. The standard InChI is InChI=1S/C23H33N5O/c1-6-27(7-2)23(29)24-28-15-17-13-20-18(9-8-12-26(20)5)21-16(14-25(3)4)10-11-19(28)22(17)21/h9-11,15,20H,6-8,12-14H2,1-5H3,(H,24,29)/t20-/m1/s1. The maximum absolute atomic E-state index is 12.7. The van der Waals surface area contributed by atoms with Crippen LogP contribution in [0.1, 0.15) is 37.0 Å². The smallest absolute Gasteiger partial charge is 0.324 e. The fourth-order valence-corrected chi connectivity index (χ4v) is 4.88. The molecule has 156 valence electrons. The molecule has 1 atom stereocenters. The quantitative estimate of drug-likeness (QED) is 0.844. The van der Waals surface area contributed by atoms with Gasteiger partial charge < -0.3 is 9.80 Å². The van der Waals surface area contributed by atoms with E-state index in [9.17, 15) is 4.79 Å². The minimum atomic E-state index is -0.0506. The number of carbonyl (C=O) groups excluding carboxylic acids is 1. The fourth-order valence-electron chi connectivity index (χ4n) is 4.88. The summed E-state index contributed by atoms with van der Waals surface area (Å²) in [4.78, 5) is 19.2. The molecule has 0 saturated carbocycles. The molecule has 0 spiro atoms. The van der Waals surface area contributed by atoms with Gasteiger partial charge in [0.2, 0.25) is 0 Å². The Morgan fingerprint density at radius 1 is 1.24 bits per heavy atom. The number of nitrogens with one attached hydrogen (secondary N) is 1. The first-order chi connectivity index (χ1) is 13.9. The molecule has 0 saturated heterocycles. The molecule has 0 radical (unpaired) electrons. The Balaban J connectivity index is 1.85. The van der Waals surface area contributed by atoms with E-state index < -0.39 is 0 Å². The second-order valence-corrected chi connectivity index (χ2v) is 8.49. The van der Waals surface area contributed by atoms with Crippen LogP contribution in [0, 0.1) is 0 Å². The summed E-state index contributed by atoms with van der Waals surface area (Å²) in [5, 5.41) is 1.31. The number of hydrogen-bond acceptors (Lipinski definition) is 3. The largest absolute Gasteiger partial charge is 0.336 e. The van der Waals surface area contributed by atoms with Gasteiger partial charge in [0, 0.05) is 43.8 Å². The van der Waals surface area contributed by atoms with Gasteiger partial charge in [0.05, 0.1) is 5.52 Å². The Bertz CT molecular complexity index is 954. The van der Waals surface area contributed by atoms with Crippen molar-refractivity contribution in [2.75, 3.05) is 46.2 Å². The van der Waals surface area contributed by atoms with Crippen LogP contribution in [0.5, 0.6) is 0 Å². The van der Waals surface area contributed by atoms with Gasteiger partial charge in [-0.05, 0) is 76.2 Å². The zero-order valence-corrected chi connectivity index (χ0v) is 18.3. The summed E-state index contributed by atoms with van der Waals surface area (Å²) in [7, 11) is 6.47. The summed E-state index contributed by atoms with van der Waals surface area (Å²) < 4.78 is 1.94. The molecule has 0 unspecified atom stereocenters. The Morgan fingerprint density at radius 3 is 2.69 bits per heavy atom. The highest BCUT2D eigenvalue weighted by molar-refractivity contribution is 6.01. The van der Waals surface area contributed by atoms with E-state index in [1.807, 2.05) is 23.4 Å². The minimum absolute atomic E-state index is 0.0506. The van der Waals surface area contributed by atoms with E-state index in [1.54, 1.807) is 0 Å². The van der Waals surface area contributed by atoms with Crippen molar-refractivity contribution in [3.8, 4) is 0 Å². The molecule has 6 heteroatoms. The van der Waals surface area contributed by atoms with Crippen LogP contribution in [0.25, 0.3) is 16.5 Å². The SMILES string of the molecule is CCN(CC)C(=O)Nn1cc2c3c(c(CN(C)C)ccc31)C1=CCCN(C)[C@@H]1C2. The van der Waals surface area contributed by atoms with E-state index in [4.69, 9.17) is 0 Å². The molecule has 2 aliphatic rings. The van der Waals surface area contributed by atoms with Gasteiger partial charge in [-0.1, -0.05) is 12.1 Å². The third-order valence-electron chi connectivity index (χ3n) is 6.33. The number of aromatic nitrogens is 1. The molecular formula is C23H33N5O. The van der Waals surface area contributed by atoms with Gasteiger partial charge in [0.25, 0.3) is 0 Å². The molecular weight excluding hydrogens is 362 g/mol. The second-order valence-electron chi connectivity index (χ2n) is 8.49. The Morgan fingerprint density at radius 2 is 2.00 bits per heavy atom. The van der Waals surface area contributed by atoms with Crippen molar-refractivity contribution in [1.29, 1.82) is 0 Å². The topological polar surface area (TPSA) is 43.8 Å². The highest BCUT2D eigenvalue weighted by Crippen LogP contribution is 2.42. The molecule has 0 bridgehead atoms. The molecule has 2 heterocycles. The zero-order valence-electron chi connectivity index (χ0n) is 18.3. The molecule has 29 heavy (non-hydrogen) atoms. The summed E-state index contributed by atoms with van der Waals surface area (Å²) >= 11 is 0. The average molecular weight is 396 g/mol. The maximum atomic E-state index is 12.7. The first-order valence-corrected chi connectivity index (χ1v) is 10.7. The predicted octanol–water partition coefficient (Wildman–Crippen LogP) is 3.35. The number of rotatable bonds is 5. The van der Waals surface area contributed by atoms with Crippen molar-refractivity contribution < 1.29 is 4.79 Å². The van der Waals surface area contributed by atoms with Gasteiger partial charge in [-0.3, -0.25) is 9.58 Å². The number of likely N-dealkylation sites (N-methyl/N-ethyl adjacent to an activating group) is 1. The van der Waals surface area contributed by atoms with Crippen molar-refractivity contribution in [2.24, 2.45) is 0 Å². The van der Waals surface area contributed by atoms with Crippen molar-refractivity contribution in [1.82, 2.24) is 19.4 Å². The Hall–Kier alpha value is -2.31. The monoisotopic (exact) mass is 395 g/mol. The average Bonchev–Trinajstić information content (AvgIpc) is 3.02. The first-order valence-electron chi connectivity index (χ1n) is 10.7. The van der Waals surface area contributed by atoms with Gasteiger partial charge in [-0.25, -0.2) is 10.2 Å². The van der Waals surface area contributed by atoms with E-state index in [1.165, 1.54) is 27.6 Å². The molecule has 0 fully saturated rings. The number of urea groups is 1. The van der Waals surface area contributed by atoms with Crippen LogP contribution < -0.4 is 5.43 Å². The molecule has 1 aliphatic heterocycles. The van der Waals surface area contributed by atoms with Gasteiger partial charge in [0.15, 0.2) is 0 Å². The number of amides is 2. The van der Waals surface area contributed by atoms with Crippen molar-refractivity contribution in [3.63, 3.8) is 0 Å². The van der Waals surface area contributed by atoms with Crippen LogP contribution in [0.15, 0.2) is 24.4 Å². The molecule has 1 N–H and O–H groups in total. The van der Waals surface area contributed by atoms with Crippen molar-refractivity contribution in [3.05, 3.63) is 41.1 Å². The molecule has 2 aromatic rings. The molecule has 6 nitrogen and oxygen atoms in total. The number of fused-ring (bicyclic) bond motifs is 2. The van der Waals surface area contributed by atoms with E-state index in [0.717, 1.165) is 31.4 Å². The first kappa shape index (κ1) is 20.0. The Labute approximate surface area is 173 Å². The van der Waals surface area contributed by atoms with Crippen LogP contribution in [0.4, 0.5) is 4.79 Å². The van der Waals surface area contributed by atoms with Crippen LogP contribution in [0.2, 0.25) is 0 Å². The fraction of sp³-hybridized carbons (Fsp3) is 0.522. The maximum Gasteiger partial charge on any atom is 0.336 e. The number of nitrogens with zero attached hydrogens (tertiary/aromatic N) is 4. The number of hydrogen-bond donors (Lipinski definition) is 1. The van der Waals surface area contributed by atoms with Crippen LogP contribution in [0.3, 0.4) is 0 Å². The predicted molar refractivity (Wildman–Crippen MR) is 120 cm³/mol. The van der Waals surface area contributed by atoms with E-state index >= 15 is 0 Å². The van der Waals surface area contributed by atoms with Gasteiger partial charge in [-0.15, -0.1) is 0 Å². The second kappa shape index (κ2) is 7.84. The summed E-state index contributed by atoms with van der Waals surface area (Å²) in [6.07, 6.45) is 6.65. The minimum Gasteiger partial charge on any atom is -0.324 e. The zero-order chi connectivity index (χ0) is 20.7. The summed E-state index contributed by atoms with van der Waals surface area (Å²) in [6.45, 7) is 7.43. The molecule has 1 aromatic carbocycles. The van der Waals surface area contributed by atoms with Gasteiger partial charge in [0.1, 0.15) is 0 Å². The molecule has 1 aliphatic carbocycles. The van der Waals surface area contributed by atoms with Crippen LogP contribution in [-0.4, -0.2) is 72.2 Å². The van der Waals surface area contributed by atoms with Gasteiger partial charge >= 0.3 is 6.03 Å². The third kappa shape index (κ3) is 3.45. The normalized spacial score (nSPS) is 18.7. The summed E-state index contributed by atoms with van der Waals surface area (Å²) in [5.41, 5.74) is 9.73. The molecule has 1 aromatic heterocycles. The lowest BCUT2D eigenvalue weighted by molar-refractivity contribution is 0.214. The van der Waals surface area contributed by atoms with Crippen LogP contribution >= 0.6 is 0 Å².